The van der Waals surface area contributed by atoms with Gasteiger partial charge in [0, 0.05) is 27.5 Å². The van der Waals surface area contributed by atoms with Crippen LogP contribution in [0.25, 0.3) is 0 Å². The minimum Gasteiger partial charge on any atom is -0.383 e. The highest BCUT2D eigenvalue weighted by Gasteiger charge is 2.13. The number of nitrogens with one attached hydrogen (secondary N) is 1. The summed E-state index contributed by atoms with van der Waals surface area (Å²) in [5.41, 5.74) is 0.567. The van der Waals surface area contributed by atoms with E-state index in [1.165, 1.54) is 0 Å². The van der Waals surface area contributed by atoms with Gasteiger partial charge < -0.3 is 10.1 Å². The van der Waals surface area contributed by atoms with Crippen LogP contribution in [0.3, 0.4) is 0 Å². The zero-order chi connectivity index (χ0) is 12.8. The van der Waals surface area contributed by atoms with Gasteiger partial charge in [0.05, 0.1) is 12.6 Å². The van der Waals surface area contributed by atoms with E-state index in [2.05, 4.69) is 37.2 Å². The summed E-state index contributed by atoms with van der Waals surface area (Å²) in [6, 6.07) is 5.17. The third kappa shape index (κ3) is 4.95. The van der Waals surface area contributed by atoms with E-state index in [0.29, 0.717) is 18.1 Å². The van der Waals surface area contributed by atoms with Crippen molar-refractivity contribution in [1.29, 1.82) is 0 Å². The summed E-state index contributed by atoms with van der Waals surface area (Å²) in [5.74, 6) is 0.143. The number of hydrogen-bond donors (Lipinski definition) is 1. The molecule has 0 saturated carbocycles. The summed E-state index contributed by atoms with van der Waals surface area (Å²) in [4.78, 5) is 11.9. The molecule has 0 spiro atoms. The Bertz CT molecular complexity index is 381. The molecule has 1 aromatic carbocycles. The highest BCUT2D eigenvalue weighted by molar-refractivity contribution is 9.11. The van der Waals surface area contributed by atoms with Gasteiger partial charge in [-0.1, -0.05) is 31.9 Å². The number of ether oxygens (including phenoxy) is 1. The Morgan fingerprint density at radius 2 is 2.00 bits per heavy atom. The maximum Gasteiger partial charge on any atom is 0.251 e. The Balaban J connectivity index is 2.75. The Hall–Kier alpha value is -0.100. The van der Waals surface area contributed by atoms with E-state index in [9.17, 15) is 4.79 Å². The number of halogens is 3. The molecule has 1 atom stereocenters. The van der Waals surface area contributed by atoms with Gasteiger partial charge in [-0.05, 0) is 18.2 Å². The second-order valence-electron chi connectivity index (χ2n) is 3.44. The van der Waals surface area contributed by atoms with Crippen LogP contribution in [0.5, 0.6) is 0 Å². The van der Waals surface area contributed by atoms with E-state index < -0.39 is 0 Å². The van der Waals surface area contributed by atoms with Gasteiger partial charge in [-0.2, -0.15) is 0 Å². The maximum absolute atomic E-state index is 11.9. The molecule has 1 unspecified atom stereocenters. The molecule has 0 aliphatic rings. The summed E-state index contributed by atoms with van der Waals surface area (Å²) in [6.07, 6.45) is 0. The first-order valence-corrected chi connectivity index (χ1v) is 7.00. The van der Waals surface area contributed by atoms with Crippen molar-refractivity contribution in [3.63, 3.8) is 0 Å². The molecule has 1 aromatic rings. The van der Waals surface area contributed by atoms with Crippen molar-refractivity contribution in [3.8, 4) is 0 Å². The molecular formula is C11H12Br2ClNO2. The predicted molar refractivity (Wildman–Crippen MR) is 75.7 cm³/mol. The highest BCUT2D eigenvalue weighted by atomic mass is 79.9. The minimum absolute atomic E-state index is 0.172. The standard InChI is InChI=1S/C11H12Br2ClNO2/c1-17-6-10(5-14)15-11(16)7-2-8(12)4-9(13)3-7/h2-4,10H,5-6H2,1H3,(H,15,16). The van der Waals surface area contributed by atoms with E-state index in [1.807, 2.05) is 6.07 Å². The number of alkyl halides is 1. The minimum atomic E-state index is -0.188. The van der Waals surface area contributed by atoms with Gasteiger partial charge in [0.15, 0.2) is 0 Å². The van der Waals surface area contributed by atoms with Crippen molar-refractivity contribution >= 4 is 49.4 Å². The monoisotopic (exact) mass is 383 g/mol. The van der Waals surface area contributed by atoms with Crippen molar-refractivity contribution in [1.82, 2.24) is 5.32 Å². The van der Waals surface area contributed by atoms with Crippen LogP contribution in [0, 0.1) is 0 Å². The van der Waals surface area contributed by atoms with Crippen LogP contribution in [0.1, 0.15) is 10.4 Å². The van der Waals surface area contributed by atoms with E-state index in [4.69, 9.17) is 16.3 Å². The summed E-state index contributed by atoms with van der Waals surface area (Å²) in [7, 11) is 1.57. The van der Waals surface area contributed by atoms with Gasteiger partial charge in [-0.15, -0.1) is 11.6 Å². The lowest BCUT2D eigenvalue weighted by atomic mass is 10.2. The van der Waals surface area contributed by atoms with Gasteiger partial charge >= 0.3 is 0 Å². The lowest BCUT2D eigenvalue weighted by Gasteiger charge is -2.15. The van der Waals surface area contributed by atoms with Crippen molar-refractivity contribution in [2.75, 3.05) is 19.6 Å². The molecule has 6 heteroatoms. The molecule has 0 aliphatic heterocycles. The van der Waals surface area contributed by atoms with Gasteiger partial charge in [-0.3, -0.25) is 4.79 Å². The van der Waals surface area contributed by atoms with Crippen LogP contribution in [0.2, 0.25) is 0 Å². The Morgan fingerprint density at radius 1 is 1.41 bits per heavy atom. The number of amides is 1. The average Bonchev–Trinajstić information content (AvgIpc) is 2.27. The van der Waals surface area contributed by atoms with Crippen LogP contribution < -0.4 is 5.32 Å². The molecular weight excluding hydrogens is 373 g/mol. The quantitative estimate of drug-likeness (QED) is 0.791. The molecule has 94 valence electrons. The van der Waals surface area contributed by atoms with Crippen LogP contribution in [-0.4, -0.2) is 31.5 Å². The fraction of sp³-hybridized carbons (Fsp3) is 0.364. The van der Waals surface area contributed by atoms with Gasteiger partial charge in [0.25, 0.3) is 5.91 Å². The predicted octanol–water partition coefficient (Wildman–Crippen LogP) is 3.20. The molecule has 1 N–H and O–H groups in total. The van der Waals surface area contributed by atoms with Crippen molar-refractivity contribution in [2.24, 2.45) is 0 Å². The first-order chi connectivity index (χ1) is 8.06. The number of hydrogen-bond acceptors (Lipinski definition) is 2. The normalized spacial score (nSPS) is 12.2. The SMILES string of the molecule is COCC(CCl)NC(=O)c1cc(Br)cc(Br)c1. The fourth-order valence-electron chi connectivity index (χ4n) is 1.28. The van der Waals surface area contributed by atoms with Crippen LogP contribution in [0.4, 0.5) is 0 Å². The molecule has 0 bridgehead atoms. The molecule has 17 heavy (non-hydrogen) atoms. The average molecular weight is 385 g/mol. The number of carbonyl (C=O) groups is 1. The topological polar surface area (TPSA) is 38.3 Å². The Morgan fingerprint density at radius 3 is 2.47 bits per heavy atom. The van der Waals surface area contributed by atoms with Crippen molar-refractivity contribution in [2.45, 2.75) is 6.04 Å². The Labute approximate surface area is 122 Å². The van der Waals surface area contributed by atoms with E-state index in [-0.39, 0.29) is 11.9 Å². The molecule has 0 aromatic heterocycles. The van der Waals surface area contributed by atoms with E-state index >= 15 is 0 Å². The molecule has 0 radical (unpaired) electrons. The molecule has 0 heterocycles. The fourth-order valence-corrected chi connectivity index (χ4v) is 2.74. The molecule has 0 saturated heterocycles. The first-order valence-electron chi connectivity index (χ1n) is 4.88. The second-order valence-corrected chi connectivity index (χ2v) is 5.58. The van der Waals surface area contributed by atoms with Crippen LogP contribution in [-0.2, 0) is 4.74 Å². The van der Waals surface area contributed by atoms with Crippen molar-refractivity contribution < 1.29 is 9.53 Å². The van der Waals surface area contributed by atoms with Gasteiger partial charge in [-0.25, -0.2) is 0 Å². The summed E-state index contributed by atoms with van der Waals surface area (Å²) in [6.45, 7) is 0.393. The number of benzene rings is 1. The number of carbonyl (C=O) groups excluding carboxylic acids is 1. The third-order valence-electron chi connectivity index (χ3n) is 2.01. The van der Waals surface area contributed by atoms with Gasteiger partial charge in [0.2, 0.25) is 0 Å². The largest absolute Gasteiger partial charge is 0.383 e. The summed E-state index contributed by atoms with van der Waals surface area (Å²) < 4.78 is 6.64. The highest BCUT2D eigenvalue weighted by Crippen LogP contribution is 2.20. The Kier molecular flexibility index (Phi) is 6.48. The van der Waals surface area contributed by atoms with Crippen molar-refractivity contribution in [3.05, 3.63) is 32.7 Å². The first kappa shape index (κ1) is 15.0. The van der Waals surface area contributed by atoms with E-state index in [0.717, 1.165) is 8.95 Å². The molecule has 0 aliphatic carbocycles. The molecule has 3 nitrogen and oxygen atoms in total. The number of rotatable bonds is 5. The zero-order valence-electron chi connectivity index (χ0n) is 9.17. The molecule has 1 amide bonds. The lowest BCUT2D eigenvalue weighted by Crippen LogP contribution is -2.39. The van der Waals surface area contributed by atoms with E-state index in [1.54, 1.807) is 19.2 Å². The second kappa shape index (κ2) is 7.36. The van der Waals surface area contributed by atoms with Crippen LogP contribution in [0.15, 0.2) is 27.1 Å². The molecule has 1 rings (SSSR count). The maximum atomic E-state index is 11.9. The number of methoxy groups -OCH3 is 1. The lowest BCUT2D eigenvalue weighted by molar-refractivity contribution is 0.0906. The van der Waals surface area contributed by atoms with Gasteiger partial charge in [0.1, 0.15) is 0 Å². The smallest absolute Gasteiger partial charge is 0.251 e. The summed E-state index contributed by atoms with van der Waals surface area (Å²) >= 11 is 12.4. The molecule has 0 fully saturated rings. The zero-order valence-corrected chi connectivity index (χ0v) is 13.1. The van der Waals surface area contributed by atoms with Crippen LogP contribution >= 0.6 is 43.5 Å². The third-order valence-corrected chi connectivity index (χ3v) is 3.30. The summed E-state index contributed by atoms with van der Waals surface area (Å²) in [5, 5.41) is 2.80.